The maximum absolute atomic E-state index is 11.6. The molecule has 0 unspecified atom stereocenters. The number of para-hydroxylation sites is 2. The average Bonchev–Trinajstić information content (AvgIpc) is 2.48. The van der Waals surface area contributed by atoms with E-state index in [1.807, 2.05) is 54.6 Å². The molecular weight excluding hydrogens is 252 g/mol. The highest BCUT2D eigenvalue weighted by molar-refractivity contribution is 5.71. The average molecular weight is 270 g/mol. The summed E-state index contributed by atoms with van der Waals surface area (Å²) >= 11 is 0. The van der Waals surface area contributed by atoms with Crippen molar-refractivity contribution in [3.63, 3.8) is 0 Å². The molecule has 2 rings (SSSR count). The van der Waals surface area contributed by atoms with Crippen LogP contribution in [0.15, 0.2) is 54.6 Å². The second-order valence-electron chi connectivity index (χ2n) is 4.41. The van der Waals surface area contributed by atoms with Crippen molar-refractivity contribution in [1.29, 1.82) is 0 Å². The highest BCUT2D eigenvalue weighted by atomic mass is 16.5. The number of nitrogens with two attached hydrogens (primary N) is 1. The van der Waals surface area contributed by atoms with Crippen molar-refractivity contribution in [2.24, 2.45) is 0 Å². The van der Waals surface area contributed by atoms with Crippen molar-refractivity contribution < 1.29 is 9.53 Å². The maximum atomic E-state index is 11.6. The van der Waals surface area contributed by atoms with Gasteiger partial charge in [0, 0.05) is 6.54 Å². The van der Waals surface area contributed by atoms with Gasteiger partial charge in [-0.3, -0.25) is 4.79 Å². The molecule has 4 heteroatoms. The zero-order chi connectivity index (χ0) is 14.2. The van der Waals surface area contributed by atoms with Gasteiger partial charge in [0.2, 0.25) is 0 Å². The molecule has 0 heterocycles. The van der Waals surface area contributed by atoms with Gasteiger partial charge < -0.3 is 15.8 Å². The Bertz CT molecular complexity index is 555. The molecular formula is C16H18N2O2. The summed E-state index contributed by atoms with van der Waals surface area (Å²) in [6.07, 6.45) is 0.307. The highest BCUT2D eigenvalue weighted by Crippen LogP contribution is 2.16. The number of nitrogen functional groups attached to an aromatic ring is 1. The van der Waals surface area contributed by atoms with E-state index in [9.17, 15) is 4.79 Å². The fourth-order valence-corrected chi connectivity index (χ4v) is 1.77. The Hall–Kier alpha value is -2.49. The second-order valence-corrected chi connectivity index (χ2v) is 4.41. The molecule has 0 saturated heterocycles. The number of hydrogen-bond acceptors (Lipinski definition) is 4. The van der Waals surface area contributed by atoms with E-state index >= 15 is 0 Å². The van der Waals surface area contributed by atoms with Crippen LogP contribution >= 0.6 is 0 Å². The number of anilines is 2. The molecule has 0 fully saturated rings. The van der Waals surface area contributed by atoms with Crippen molar-refractivity contribution in [2.75, 3.05) is 17.6 Å². The van der Waals surface area contributed by atoms with Crippen LogP contribution in [0.25, 0.3) is 0 Å². The largest absolute Gasteiger partial charge is 0.461 e. The Labute approximate surface area is 118 Å². The van der Waals surface area contributed by atoms with Crippen molar-refractivity contribution in [3.05, 3.63) is 60.2 Å². The van der Waals surface area contributed by atoms with Gasteiger partial charge in [-0.2, -0.15) is 0 Å². The van der Waals surface area contributed by atoms with Crippen LogP contribution in [-0.4, -0.2) is 12.5 Å². The third-order valence-corrected chi connectivity index (χ3v) is 2.85. The molecule has 0 atom stereocenters. The molecule has 20 heavy (non-hydrogen) atoms. The summed E-state index contributed by atoms with van der Waals surface area (Å²) < 4.78 is 5.19. The number of carbonyl (C=O) groups is 1. The summed E-state index contributed by atoms with van der Waals surface area (Å²) in [5, 5.41) is 3.12. The Morgan fingerprint density at radius 2 is 1.75 bits per heavy atom. The predicted octanol–water partition coefficient (Wildman–Crippen LogP) is 2.81. The van der Waals surface area contributed by atoms with E-state index in [1.54, 1.807) is 0 Å². The van der Waals surface area contributed by atoms with Crippen LogP contribution in [0.3, 0.4) is 0 Å². The van der Waals surface area contributed by atoms with Crippen LogP contribution in [0.1, 0.15) is 12.0 Å². The van der Waals surface area contributed by atoms with Crippen LogP contribution < -0.4 is 11.1 Å². The van der Waals surface area contributed by atoms with Gasteiger partial charge in [-0.15, -0.1) is 0 Å². The molecule has 3 N–H and O–H groups in total. The summed E-state index contributed by atoms with van der Waals surface area (Å²) in [5.41, 5.74) is 8.29. The lowest BCUT2D eigenvalue weighted by molar-refractivity contribution is -0.144. The maximum Gasteiger partial charge on any atom is 0.307 e. The molecule has 0 spiro atoms. The van der Waals surface area contributed by atoms with Crippen molar-refractivity contribution >= 4 is 17.3 Å². The summed E-state index contributed by atoms with van der Waals surface area (Å²) in [5.74, 6) is -0.226. The van der Waals surface area contributed by atoms with Crippen LogP contribution in [-0.2, 0) is 16.1 Å². The third kappa shape index (κ3) is 4.31. The molecule has 0 amide bonds. The molecule has 0 saturated carbocycles. The van der Waals surface area contributed by atoms with Crippen LogP contribution in [0.4, 0.5) is 11.4 Å². The van der Waals surface area contributed by atoms with E-state index in [0.29, 0.717) is 25.3 Å². The number of ether oxygens (including phenoxy) is 1. The zero-order valence-corrected chi connectivity index (χ0v) is 11.2. The van der Waals surface area contributed by atoms with Gasteiger partial charge in [0.05, 0.1) is 17.8 Å². The minimum atomic E-state index is -0.226. The van der Waals surface area contributed by atoms with Gasteiger partial charge in [0.15, 0.2) is 0 Å². The van der Waals surface area contributed by atoms with Crippen LogP contribution in [0.2, 0.25) is 0 Å². The van der Waals surface area contributed by atoms with E-state index in [4.69, 9.17) is 10.5 Å². The number of nitrogens with one attached hydrogen (secondary N) is 1. The first-order valence-electron chi connectivity index (χ1n) is 6.53. The topological polar surface area (TPSA) is 64.3 Å². The third-order valence-electron chi connectivity index (χ3n) is 2.85. The van der Waals surface area contributed by atoms with Gasteiger partial charge >= 0.3 is 5.97 Å². The van der Waals surface area contributed by atoms with Crippen LogP contribution in [0.5, 0.6) is 0 Å². The first-order valence-corrected chi connectivity index (χ1v) is 6.53. The molecule has 0 aliphatic carbocycles. The highest BCUT2D eigenvalue weighted by Gasteiger charge is 2.04. The summed E-state index contributed by atoms with van der Waals surface area (Å²) in [7, 11) is 0. The number of carbonyl (C=O) groups excluding carboxylic acids is 1. The van der Waals surface area contributed by atoms with E-state index in [1.165, 1.54) is 0 Å². The van der Waals surface area contributed by atoms with Crippen molar-refractivity contribution in [1.82, 2.24) is 0 Å². The van der Waals surface area contributed by atoms with Crippen molar-refractivity contribution in [2.45, 2.75) is 13.0 Å². The van der Waals surface area contributed by atoms with Crippen molar-refractivity contribution in [3.8, 4) is 0 Å². The Morgan fingerprint density at radius 3 is 2.50 bits per heavy atom. The van der Waals surface area contributed by atoms with E-state index in [2.05, 4.69) is 5.32 Å². The van der Waals surface area contributed by atoms with E-state index in [-0.39, 0.29) is 5.97 Å². The molecule has 4 nitrogen and oxygen atoms in total. The second kappa shape index (κ2) is 7.19. The lowest BCUT2D eigenvalue weighted by atomic mass is 10.2. The molecule has 2 aromatic rings. The number of rotatable bonds is 6. The molecule has 2 aromatic carbocycles. The Morgan fingerprint density at radius 1 is 1.05 bits per heavy atom. The fraction of sp³-hybridized carbons (Fsp3) is 0.188. The summed E-state index contributed by atoms with van der Waals surface area (Å²) in [6, 6.07) is 17.1. The first-order chi connectivity index (χ1) is 9.75. The minimum absolute atomic E-state index is 0.226. The monoisotopic (exact) mass is 270 g/mol. The number of esters is 1. The van der Waals surface area contributed by atoms with E-state index in [0.717, 1.165) is 11.3 Å². The van der Waals surface area contributed by atoms with Crippen LogP contribution in [0, 0.1) is 0 Å². The normalized spacial score (nSPS) is 10.0. The quantitative estimate of drug-likeness (QED) is 0.626. The van der Waals surface area contributed by atoms with Gasteiger partial charge in [0.1, 0.15) is 6.61 Å². The molecule has 104 valence electrons. The Balaban J connectivity index is 1.69. The molecule has 0 radical (unpaired) electrons. The summed E-state index contributed by atoms with van der Waals surface area (Å²) in [6.45, 7) is 0.814. The SMILES string of the molecule is Nc1ccccc1NCCC(=O)OCc1ccccc1. The standard InChI is InChI=1S/C16H18N2O2/c17-14-8-4-5-9-15(14)18-11-10-16(19)20-12-13-6-2-1-3-7-13/h1-9,18H,10-12,17H2. The zero-order valence-electron chi connectivity index (χ0n) is 11.2. The number of benzene rings is 2. The lowest BCUT2D eigenvalue weighted by Gasteiger charge is -2.09. The lowest BCUT2D eigenvalue weighted by Crippen LogP contribution is -2.12. The van der Waals surface area contributed by atoms with Gasteiger partial charge in [0.25, 0.3) is 0 Å². The fourth-order valence-electron chi connectivity index (χ4n) is 1.77. The van der Waals surface area contributed by atoms with Gasteiger partial charge in [-0.25, -0.2) is 0 Å². The molecule has 0 aliphatic heterocycles. The van der Waals surface area contributed by atoms with E-state index < -0.39 is 0 Å². The summed E-state index contributed by atoms with van der Waals surface area (Å²) in [4.78, 5) is 11.6. The molecule has 0 aromatic heterocycles. The first kappa shape index (κ1) is 13.9. The van der Waals surface area contributed by atoms with Gasteiger partial charge in [-0.05, 0) is 17.7 Å². The molecule has 0 bridgehead atoms. The minimum Gasteiger partial charge on any atom is -0.461 e. The number of hydrogen-bond donors (Lipinski definition) is 2. The molecule has 0 aliphatic rings. The smallest absolute Gasteiger partial charge is 0.307 e. The Kier molecular flexibility index (Phi) is 5.00. The predicted molar refractivity (Wildman–Crippen MR) is 80.2 cm³/mol. The van der Waals surface area contributed by atoms with Gasteiger partial charge in [-0.1, -0.05) is 42.5 Å².